The van der Waals surface area contributed by atoms with Crippen LogP contribution in [-0.2, 0) is 11.8 Å². The predicted octanol–water partition coefficient (Wildman–Crippen LogP) is 2.68. The van der Waals surface area contributed by atoms with Gasteiger partial charge in [-0.1, -0.05) is 18.2 Å². The van der Waals surface area contributed by atoms with Crippen LogP contribution in [0.4, 0.5) is 5.69 Å². The summed E-state index contributed by atoms with van der Waals surface area (Å²) in [6.07, 6.45) is -1.07. The van der Waals surface area contributed by atoms with Gasteiger partial charge < -0.3 is 25.0 Å². The fourth-order valence-corrected chi connectivity index (χ4v) is 3.64. The molecule has 0 bridgehead atoms. The fourth-order valence-electron chi connectivity index (χ4n) is 3.64. The van der Waals surface area contributed by atoms with Gasteiger partial charge in [-0.15, -0.1) is 0 Å². The molecule has 1 heterocycles. The van der Waals surface area contributed by atoms with Gasteiger partial charge in [-0.25, -0.2) is 0 Å². The molecule has 0 aliphatic carbocycles. The molecule has 0 saturated carbocycles. The minimum Gasteiger partial charge on any atom is -0.394 e. The molecule has 0 radical (unpaired) electrons. The lowest BCUT2D eigenvalue weighted by Gasteiger charge is -2.14. The Morgan fingerprint density at radius 1 is 1.16 bits per heavy atom. The van der Waals surface area contributed by atoms with Crippen LogP contribution in [0.5, 0.6) is 0 Å². The predicted molar refractivity (Wildman–Crippen MR) is 127 cm³/mol. The first-order chi connectivity index (χ1) is 15.3. The average molecular weight is 433 g/mol. The van der Waals surface area contributed by atoms with Gasteiger partial charge in [0.1, 0.15) is 11.6 Å². The van der Waals surface area contributed by atoms with Crippen LogP contribution in [-0.4, -0.2) is 54.0 Å². The lowest BCUT2D eigenvalue weighted by atomic mass is 10.0. The van der Waals surface area contributed by atoms with Crippen LogP contribution >= 0.6 is 0 Å². The summed E-state index contributed by atoms with van der Waals surface area (Å²) in [7, 11) is 5.93. The first-order valence-electron chi connectivity index (χ1n) is 10.3. The number of aromatic nitrogens is 1. The molecule has 1 atom stereocenters. The van der Waals surface area contributed by atoms with E-state index in [1.54, 1.807) is 6.92 Å². The molecule has 3 aromatic rings. The summed E-state index contributed by atoms with van der Waals surface area (Å²) in [5.74, 6) is -0.581. The second-order valence-electron chi connectivity index (χ2n) is 7.96. The number of fused-ring (bicyclic) bond motifs is 1. The molecule has 0 spiro atoms. The quantitative estimate of drug-likeness (QED) is 0.394. The Labute approximate surface area is 187 Å². The molecule has 7 heteroatoms. The molecule has 0 saturated heterocycles. The van der Waals surface area contributed by atoms with Crippen LogP contribution in [0.25, 0.3) is 27.6 Å². The number of rotatable bonds is 7. The Kier molecular flexibility index (Phi) is 6.98. The van der Waals surface area contributed by atoms with Crippen LogP contribution < -0.4 is 10.2 Å². The molecule has 2 aromatic carbocycles. The number of amides is 1. The number of aliphatic hydroxyl groups is 2. The van der Waals surface area contributed by atoms with Crippen molar-refractivity contribution in [3.05, 3.63) is 59.8 Å². The van der Waals surface area contributed by atoms with Crippen molar-refractivity contribution >= 4 is 27.9 Å². The second kappa shape index (κ2) is 9.69. The zero-order valence-electron chi connectivity index (χ0n) is 18.8. The number of hydrogen-bond acceptors (Lipinski definition) is 5. The van der Waals surface area contributed by atoms with Crippen molar-refractivity contribution in [1.29, 1.82) is 5.26 Å². The molecular weight excluding hydrogens is 404 g/mol. The highest BCUT2D eigenvalue weighted by molar-refractivity contribution is 6.04. The maximum Gasteiger partial charge on any atom is 0.262 e. The van der Waals surface area contributed by atoms with E-state index in [4.69, 9.17) is 5.11 Å². The fraction of sp³-hybridized carbons (Fsp3) is 0.280. The van der Waals surface area contributed by atoms with Crippen molar-refractivity contribution < 1.29 is 15.0 Å². The van der Waals surface area contributed by atoms with E-state index >= 15 is 0 Å². The number of carbonyl (C=O) groups excluding carboxylic acids is 1. The summed E-state index contributed by atoms with van der Waals surface area (Å²) in [5.41, 5.74) is 4.39. The van der Waals surface area contributed by atoms with Gasteiger partial charge in [-0.3, -0.25) is 4.79 Å². The summed E-state index contributed by atoms with van der Waals surface area (Å²) in [5, 5.41) is 32.7. The molecule has 1 amide bonds. The van der Waals surface area contributed by atoms with Gasteiger partial charge in [0.2, 0.25) is 0 Å². The number of allylic oxidation sites excluding steroid dienone is 1. The van der Waals surface area contributed by atoms with Crippen LogP contribution in [0.2, 0.25) is 0 Å². The molecule has 0 fully saturated rings. The minimum atomic E-state index is -1.07. The van der Waals surface area contributed by atoms with E-state index in [0.717, 1.165) is 33.4 Å². The Bertz CT molecular complexity index is 1220. The second-order valence-corrected chi connectivity index (χ2v) is 7.96. The molecule has 1 aromatic heterocycles. The third-order valence-electron chi connectivity index (χ3n) is 5.56. The van der Waals surface area contributed by atoms with Crippen LogP contribution in [0.15, 0.2) is 54.1 Å². The third-order valence-corrected chi connectivity index (χ3v) is 5.56. The average Bonchev–Trinajstić information content (AvgIpc) is 3.18. The zero-order valence-corrected chi connectivity index (χ0v) is 18.8. The molecule has 3 rings (SSSR count). The third kappa shape index (κ3) is 4.67. The van der Waals surface area contributed by atoms with E-state index in [2.05, 4.69) is 46.6 Å². The van der Waals surface area contributed by atoms with Crippen molar-refractivity contribution in [3.63, 3.8) is 0 Å². The van der Waals surface area contributed by atoms with Gasteiger partial charge in [0.25, 0.3) is 5.91 Å². The molecule has 32 heavy (non-hydrogen) atoms. The van der Waals surface area contributed by atoms with E-state index in [1.807, 2.05) is 43.9 Å². The summed E-state index contributed by atoms with van der Waals surface area (Å²) in [6.45, 7) is 1.13. The zero-order chi connectivity index (χ0) is 23.4. The Hall–Kier alpha value is -3.60. The first kappa shape index (κ1) is 23.1. The Balaban J connectivity index is 1.94. The van der Waals surface area contributed by atoms with Gasteiger partial charge in [-0.05, 0) is 59.2 Å². The van der Waals surface area contributed by atoms with Crippen LogP contribution in [0.1, 0.15) is 12.6 Å². The van der Waals surface area contributed by atoms with E-state index in [0.29, 0.717) is 5.57 Å². The number of benzene rings is 2. The van der Waals surface area contributed by atoms with Crippen LogP contribution in [0, 0.1) is 11.3 Å². The summed E-state index contributed by atoms with van der Waals surface area (Å²) < 4.78 is 1.96. The standard InChI is InChI=1S/C25H28N4O3/c1-16(22(13-26)25(32)27-14-21(31)15-30)23-9-10-24(29(23)4)19-6-5-18-12-20(28(2)3)8-7-17(18)11-19/h5-12,21,30-31H,14-15H2,1-4H3,(H,27,32)/b22-16+. The molecule has 0 aliphatic heterocycles. The molecule has 1 unspecified atom stereocenters. The number of nitrogens with one attached hydrogen (secondary N) is 1. The SMILES string of the molecule is C/C(=C(/C#N)C(=O)NCC(O)CO)c1ccc(-c2ccc3cc(N(C)C)ccc3c2)n1C. The highest BCUT2D eigenvalue weighted by Crippen LogP contribution is 2.30. The van der Waals surface area contributed by atoms with Crippen molar-refractivity contribution in [2.75, 3.05) is 32.1 Å². The Morgan fingerprint density at radius 3 is 2.50 bits per heavy atom. The van der Waals surface area contributed by atoms with Crippen molar-refractivity contribution in [2.45, 2.75) is 13.0 Å². The number of carbonyl (C=O) groups is 1. The van der Waals surface area contributed by atoms with E-state index in [-0.39, 0.29) is 12.1 Å². The highest BCUT2D eigenvalue weighted by atomic mass is 16.3. The molecular formula is C25H28N4O3. The van der Waals surface area contributed by atoms with Crippen LogP contribution in [0.3, 0.4) is 0 Å². The van der Waals surface area contributed by atoms with Crippen molar-refractivity contribution in [1.82, 2.24) is 9.88 Å². The summed E-state index contributed by atoms with van der Waals surface area (Å²) in [6, 6.07) is 18.4. The number of hydrogen-bond donors (Lipinski definition) is 3. The highest BCUT2D eigenvalue weighted by Gasteiger charge is 2.18. The van der Waals surface area contributed by atoms with Gasteiger partial charge in [0.15, 0.2) is 0 Å². The largest absolute Gasteiger partial charge is 0.394 e. The maximum atomic E-state index is 12.4. The number of nitrogens with zero attached hydrogens (tertiary/aromatic N) is 3. The molecule has 7 nitrogen and oxygen atoms in total. The minimum absolute atomic E-state index is 0.0300. The monoisotopic (exact) mass is 432 g/mol. The van der Waals surface area contributed by atoms with E-state index in [9.17, 15) is 15.2 Å². The Morgan fingerprint density at radius 2 is 1.84 bits per heavy atom. The number of anilines is 1. The molecule has 166 valence electrons. The summed E-state index contributed by atoms with van der Waals surface area (Å²) >= 11 is 0. The van der Waals surface area contributed by atoms with Crippen molar-refractivity contribution in [3.8, 4) is 17.3 Å². The maximum absolute atomic E-state index is 12.4. The lowest BCUT2D eigenvalue weighted by Crippen LogP contribution is -2.34. The molecule has 3 N–H and O–H groups in total. The van der Waals surface area contributed by atoms with Crippen molar-refractivity contribution in [2.24, 2.45) is 7.05 Å². The number of aliphatic hydroxyl groups excluding tert-OH is 2. The van der Waals surface area contributed by atoms with E-state index < -0.39 is 18.6 Å². The normalized spacial score (nSPS) is 12.8. The van der Waals surface area contributed by atoms with Gasteiger partial charge in [0, 0.05) is 44.8 Å². The summed E-state index contributed by atoms with van der Waals surface area (Å²) in [4.78, 5) is 14.5. The van der Waals surface area contributed by atoms with Gasteiger partial charge >= 0.3 is 0 Å². The van der Waals surface area contributed by atoms with Gasteiger partial charge in [-0.2, -0.15) is 5.26 Å². The van der Waals surface area contributed by atoms with Gasteiger partial charge in [0.05, 0.1) is 12.7 Å². The molecule has 0 aliphatic rings. The first-order valence-corrected chi connectivity index (χ1v) is 10.3. The topological polar surface area (TPSA) is 102 Å². The smallest absolute Gasteiger partial charge is 0.262 e. The number of nitriles is 1. The van der Waals surface area contributed by atoms with E-state index in [1.165, 1.54) is 0 Å². The lowest BCUT2D eigenvalue weighted by molar-refractivity contribution is -0.117.